The third-order valence-corrected chi connectivity index (χ3v) is 4.66. The Morgan fingerprint density at radius 1 is 1.00 bits per heavy atom. The molecular weight excluding hydrogens is 354 g/mol. The van der Waals surface area contributed by atoms with Crippen molar-refractivity contribution in [3.05, 3.63) is 59.2 Å². The van der Waals surface area contributed by atoms with Crippen LogP contribution in [-0.4, -0.2) is 42.1 Å². The highest BCUT2D eigenvalue weighted by molar-refractivity contribution is 5.97. The summed E-state index contributed by atoms with van der Waals surface area (Å²) in [5.41, 5.74) is 4.03. The van der Waals surface area contributed by atoms with E-state index in [0.29, 0.717) is 11.3 Å². The molecule has 0 unspecified atom stereocenters. The Kier molecular flexibility index (Phi) is 7.06. The van der Waals surface area contributed by atoms with Crippen molar-refractivity contribution in [2.45, 2.75) is 33.7 Å². The molecule has 0 aliphatic heterocycles. The number of likely N-dealkylation sites (N-methyl/N-ethyl adjacent to an activating group) is 1. The van der Waals surface area contributed by atoms with Crippen molar-refractivity contribution >= 4 is 29.0 Å². The van der Waals surface area contributed by atoms with Crippen LogP contribution in [0.15, 0.2) is 42.5 Å². The molecule has 2 amide bonds. The molecular formula is C22H27N3O3. The molecule has 0 aliphatic rings. The van der Waals surface area contributed by atoms with Gasteiger partial charge in [-0.2, -0.15) is 0 Å². The van der Waals surface area contributed by atoms with E-state index >= 15 is 0 Å². The van der Waals surface area contributed by atoms with E-state index in [-0.39, 0.29) is 24.1 Å². The molecule has 2 aromatic carbocycles. The van der Waals surface area contributed by atoms with Gasteiger partial charge in [-0.25, -0.2) is 0 Å². The topological polar surface area (TPSA) is 78.5 Å². The molecule has 0 saturated heterocycles. The molecule has 1 atom stereocenters. The Balaban J connectivity index is 1.92. The Labute approximate surface area is 165 Å². The van der Waals surface area contributed by atoms with Crippen LogP contribution in [0.25, 0.3) is 0 Å². The van der Waals surface area contributed by atoms with Crippen molar-refractivity contribution in [3.63, 3.8) is 0 Å². The molecule has 6 heteroatoms. The average Bonchev–Trinajstić information content (AvgIpc) is 2.64. The molecule has 0 aromatic heterocycles. The average molecular weight is 381 g/mol. The van der Waals surface area contributed by atoms with Crippen LogP contribution in [0, 0.1) is 13.8 Å². The molecule has 148 valence electrons. The maximum atomic E-state index is 12.5. The summed E-state index contributed by atoms with van der Waals surface area (Å²) in [6.45, 7) is 7.23. The normalized spacial score (nSPS) is 11.8. The monoisotopic (exact) mass is 381 g/mol. The summed E-state index contributed by atoms with van der Waals surface area (Å²) in [4.78, 5) is 37.8. The van der Waals surface area contributed by atoms with E-state index in [1.54, 1.807) is 43.1 Å². The fourth-order valence-electron chi connectivity index (χ4n) is 2.66. The highest BCUT2D eigenvalue weighted by Gasteiger charge is 2.20. The Bertz CT molecular complexity index is 875. The summed E-state index contributed by atoms with van der Waals surface area (Å²) in [5, 5.41) is 5.70. The van der Waals surface area contributed by atoms with Crippen molar-refractivity contribution in [2.24, 2.45) is 0 Å². The summed E-state index contributed by atoms with van der Waals surface area (Å²) in [6.07, 6.45) is 0. The van der Waals surface area contributed by atoms with E-state index in [0.717, 1.165) is 16.8 Å². The van der Waals surface area contributed by atoms with Gasteiger partial charge in [0, 0.05) is 16.9 Å². The van der Waals surface area contributed by atoms with Crippen LogP contribution in [0.1, 0.15) is 35.3 Å². The number of hydrogen-bond donors (Lipinski definition) is 2. The number of rotatable bonds is 7. The first-order chi connectivity index (χ1) is 13.2. The molecule has 28 heavy (non-hydrogen) atoms. The van der Waals surface area contributed by atoms with Gasteiger partial charge in [0.15, 0.2) is 5.78 Å². The summed E-state index contributed by atoms with van der Waals surface area (Å²) in [7, 11) is 1.73. The quantitative estimate of drug-likeness (QED) is 0.721. The fraction of sp³-hybridized carbons (Fsp3) is 0.318. The zero-order valence-corrected chi connectivity index (χ0v) is 17.0. The lowest BCUT2D eigenvalue weighted by molar-refractivity contribution is -0.122. The maximum absolute atomic E-state index is 12.5. The number of anilines is 2. The summed E-state index contributed by atoms with van der Waals surface area (Å²) >= 11 is 0. The van der Waals surface area contributed by atoms with Gasteiger partial charge < -0.3 is 10.6 Å². The predicted molar refractivity (Wildman–Crippen MR) is 112 cm³/mol. The molecule has 0 radical (unpaired) electrons. The number of amides is 2. The van der Waals surface area contributed by atoms with Crippen LogP contribution >= 0.6 is 0 Å². The second-order valence-electron chi connectivity index (χ2n) is 7.08. The number of Topliss-reactive ketones (excluding diaryl/α,β-unsaturated/α-hetero) is 1. The molecule has 2 aromatic rings. The second-order valence-corrected chi connectivity index (χ2v) is 7.08. The van der Waals surface area contributed by atoms with Crippen LogP contribution in [0.3, 0.4) is 0 Å². The maximum Gasteiger partial charge on any atom is 0.241 e. The molecule has 0 saturated carbocycles. The van der Waals surface area contributed by atoms with Crippen molar-refractivity contribution in [1.29, 1.82) is 0 Å². The third-order valence-electron chi connectivity index (χ3n) is 4.66. The lowest BCUT2D eigenvalue weighted by atomic mass is 10.1. The zero-order valence-electron chi connectivity index (χ0n) is 17.0. The van der Waals surface area contributed by atoms with E-state index in [2.05, 4.69) is 10.6 Å². The number of aryl methyl sites for hydroxylation is 2. The number of benzene rings is 2. The summed E-state index contributed by atoms with van der Waals surface area (Å²) < 4.78 is 0. The lowest BCUT2D eigenvalue weighted by Crippen LogP contribution is -2.43. The van der Waals surface area contributed by atoms with Gasteiger partial charge in [-0.3, -0.25) is 19.3 Å². The second kappa shape index (κ2) is 9.28. The van der Waals surface area contributed by atoms with Crippen LogP contribution < -0.4 is 10.6 Å². The Hall–Kier alpha value is -2.99. The minimum atomic E-state index is -0.503. The smallest absolute Gasteiger partial charge is 0.241 e. The van der Waals surface area contributed by atoms with Crippen LogP contribution in [-0.2, 0) is 9.59 Å². The van der Waals surface area contributed by atoms with Gasteiger partial charge in [0.25, 0.3) is 0 Å². The molecule has 6 nitrogen and oxygen atoms in total. The fourth-order valence-corrected chi connectivity index (χ4v) is 2.66. The van der Waals surface area contributed by atoms with Gasteiger partial charge in [-0.1, -0.05) is 12.1 Å². The standard InChI is InChI=1S/C22H27N3O3/c1-14-6-7-15(2)20(12-14)24-21(27)13-25(5)16(3)22(28)23-19-10-8-18(9-11-19)17(4)26/h6-12,16H,13H2,1-5H3,(H,23,28)(H,24,27)/t16-/m0/s1. The number of nitrogens with one attached hydrogen (secondary N) is 2. The SMILES string of the molecule is CC(=O)c1ccc(NC(=O)[C@H](C)N(C)CC(=O)Nc2cc(C)ccc2C)cc1. The van der Waals surface area contributed by atoms with Crippen molar-refractivity contribution < 1.29 is 14.4 Å². The minimum Gasteiger partial charge on any atom is -0.325 e. The predicted octanol–water partition coefficient (Wildman–Crippen LogP) is 3.40. The molecule has 2 N–H and O–H groups in total. The van der Waals surface area contributed by atoms with Gasteiger partial charge in [0.2, 0.25) is 11.8 Å². The molecule has 2 rings (SSSR count). The van der Waals surface area contributed by atoms with Gasteiger partial charge in [0.1, 0.15) is 0 Å². The van der Waals surface area contributed by atoms with Gasteiger partial charge >= 0.3 is 0 Å². The summed E-state index contributed by atoms with van der Waals surface area (Å²) in [6, 6.07) is 12.1. The van der Waals surface area contributed by atoms with Crippen molar-refractivity contribution in [1.82, 2.24) is 4.90 Å². The van der Waals surface area contributed by atoms with E-state index in [4.69, 9.17) is 0 Å². The zero-order chi connectivity index (χ0) is 20.8. The molecule has 0 fully saturated rings. The lowest BCUT2D eigenvalue weighted by Gasteiger charge is -2.23. The highest BCUT2D eigenvalue weighted by Crippen LogP contribution is 2.16. The Morgan fingerprint density at radius 2 is 1.64 bits per heavy atom. The van der Waals surface area contributed by atoms with Gasteiger partial charge in [0.05, 0.1) is 12.6 Å². The number of nitrogens with zero attached hydrogens (tertiary/aromatic N) is 1. The van der Waals surface area contributed by atoms with E-state index in [1.807, 2.05) is 32.0 Å². The first-order valence-corrected chi connectivity index (χ1v) is 9.16. The number of ketones is 1. The molecule has 0 bridgehead atoms. The number of carbonyl (C=O) groups excluding carboxylic acids is 3. The molecule has 0 spiro atoms. The van der Waals surface area contributed by atoms with Crippen LogP contribution in [0.4, 0.5) is 11.4 Å². The van der Waals surface area contributed by atoms with E-state index in [9.17, 15) is 14.4 Å². The van der Waals surface area contributed by atoms with Gasteiger partial charge in [-0.15, -0.1) is 0 Å². The molecule has 0 heterocycles. The first-order valence-electron chi connectivity index (χ1n) is 9.16. The minimum absolute atomic E-state index is 0.0270. The van der Waals surface area contributed by atoms with Crippen molar-refractivity contribution in [2.75, 3.05) is 24.2 Å². The number of carbonyl (C=O) groups is 3. The van der Waals surface area contributed by atoms with Crippen LogP contribution in [0.2, 0.25) is 0 Å². The number of hydrogen-bond acceptors (Lipinski definition) is 4. The highest BCUT2D eigenvalue weighted by atomic mass is 16.2. The first kappa shape index (κ1) is 21.3. The van der Waals surface area contributed by atoms with Crippen molar-refractivity contribution in [3.8, 4) is 0 Å². The van der Waals surface area contributed by atoms with Crippen LogP contribution in [0.5, 0.6) is 0 Å². The van der Waals surface area contributed by atoms with E-state index in [1.165, 1.54) is 6.92 Å². The van der Waals surface area contributed by atoms with Gasteiger partial charge in [-0.05, 0) is 76.2 Å². The summed E-state index contributed by atoms with van der Waals surface area (Å²) in [5.74, 6) is -0.430. The largest absolute Gasteiger partial charge is 0.325 e. The third kappa shape index (κ3) is 5.76. The Morgan fingerprint density at radius 3 is 2.25 bits per heavy atom. The van der Waals surface area contributed by atoms with E-state index < -0.39 is 6.04 Å². The molecule has 0 aliphatic carbocycles.